The number of fused-ring (bicyclic) bond motifs is 1. The Balaban J connectivity index is 1.83. The van der Waals surface area contributed by atoms with Gasteiger partial charge in [-0.15, -0.1) is 0 Å². The molecule has 1 aromatic carbocycles. The number of rotatable bonds is 5. The third-order valence-electron chi connectivity index (χ3n) is 8.14. The second kappa shape index (κ2) is 12.9. The summed E-state index contributed by atoms with van der Waals surface area (Å²) in [5.41, 5.74) is 2.35. The zero-order valence-electron chi connectivity index (χ0n) is 25.2. The molecule has 5 rings (SSSR count). The number of benzene rings is 1. The fourth-order valence-corrected chi connectivity index (χ4v) is 7.08. The van der Waals surface area contributed by atoms with Gasteiger partial charge in [-0.2, -0.15) is 5.26 Å². The van der Waals surface area contributed by atoms with Gasteiger partial charge in [-0.25, -0.2) is 9.37 Å². The second-order valence-corrected chi connectivity index (χ2v) is 12.9. The Hall–Kier alpha value is -3.59. The number of aromatic nitrogens is 2. The lowest BCUT2D eigenvalue weighted by atomic mass is 9.94. The quantitative estimate of drug-likeness (QED) is 0.160. The monoisotopic (exact) mass is 704 g/mol. The van der Waals surface area contributed by atoms with Gasteiger partial charge in [-0.05, 0) is 43.5 Å². The smallest absolute Gasteiger partial charge is 0.246 e. The summed E-state index contributed by atoms with van der Waals surface area (Å²) in [7, 11) is 0. The Morgan fingerprint density at radius 2 is 1.91 bits per heavy atom. The molecule has 9 nitrogen and oxygen atoms in total. The first-order chi connectivity index (χ1) is 21.7. The molecule has 3 aromatic rings. The van der Waals surface area contributed by atoms with Gasteiger partial charge in [0.15, 0.2) is 17.8 Å². The van der Waals surface area contributed by atoms with E-state index in [-0.39, 0.29) is 50.6 Å². The number of carbonyl (C=O) groups excluding carboxylic acids is 1. The first-order valence-electron chi connectivity index (χ1n) is 14.3. The zero-order valence-corrected chi connectivity index (χ0v) is 28.3. The van der Waals surface area contributed by atoms with Crippen LogP contribution < -0.4 is 4.90 Å². The Morgan fingerprint density at radius 1 is 1.22 bits per heavy atom. The summed E-state index contributed by atoms with van der Waals surface area (Å²) in [6, 6.07) is 5.24. The van der Waals surface area contributed by atoms with Gasteiger partial charge in [-0.1, -0.05) is 66.8 Å². The number of nitriles is 1. The number of phenolic OH excluding ortho intramolecular Hbond substituents is 1. The maximum Gasteiger partial charge on any atom is 0.246 e. The van der Waals surface area contributed by atoms with Gasteiger partial charge in [0.1, 0.15) is 22.5 Å². The van der Waals surface area contributed by atoms with Gasteiger partial charge in [0.25, 0.3) is 0 Å². The number of nitrogens with zero attached hydrogens (tertiary/aromatic N) is 6. The predicted octanol–water partition coefficient (Wildman–Crippen LogP) is 7.46. The molecule has 0 spiro atoms. The second-order valence-electron chi connectivity index (χ2n) is 11.3. The SMILES string of the molecule is C=CC(=O)N1CCN(C2=C(C#N)C(O)N(c3c(C)ccnc3C(C)C)c3nc(-c4c(Cl)c(O)c(Cl)c(F)c4Cl)c(Cl)cc32)C[C@H]1C. The highest BCUT2D eigenvalue weighted by molar-refractivity contribution is 6.44. The number of aryl methyl sites for hydroxylation is 1. The van der Waals surface area contributed by atoms with Crippen LogP contribution >= 0.6 is 46.4 Å². The molecule has 2 N–H and O–H groups in total. The van der Waals surface area contributed by atoms with E-state index < -0.39 is 27.8 Å². The van der Waals surface area contributed by atoms with Crippen molar-refractivity contribution in [3.8, 4) is 23.1 Å². The highest BCUT2D eigenvalue weighted by Gasteiger charge is 2.41. The maximum absolute atomic E-state index is 15.0. The topological polar surface area (TPSA) is 117 Å². The molecule has 0 bridgehead atoms. The molecular weight excluding hydrogens is 677 g/mol. The third-order valence-corrected chi connectivity index (χ3v) is 9.49. The third kappa shape index (κ3) is 5.44. The van der Waals surface area contributed by atoms with Crippen LogP contribution in [0.4, 0.5) is 15.9 Å². The summed E-state index contributed by atoms with van der Waals surface area (Å²) in [5, 5.41) is 31.5. The minimum Gasteiger partial charge on any atom is -0.505 e. The van der Waals surface area contributed by atoms with Crippen molar-refractivity contribution in [2.45, 2.75) is 45.9 Å². The Labute approximate surface area is 285 Å². The maximum atomic E-state index is 15.0. The van der Waals surface area contributed by atoms with E-state index in [4.69, 9.17) is 51.4 Å². The van der Waals surface area contributed by atoms with E-state index in [1.165, 1.54) is 17.0 Å². The summed E-state index contributed by atoms with van der Waals surface area (Å²) >= 11 is 25.6. The molecule has 1 saturated heterocycles. The van der Waals surface area contributed by atoms with Gasteiger partial charge in [0.05, 0.1) is 37.8 Å². The van der Waals surface area contributed by atoms with E-state index in [0.29, 0.717) is 42.3 Å². The van der Waals surface area contributed by atoms with Crippen LogP contribution in [0.5, 0.6) is 5.75 Å². The number of amides is 1. The average Bonchev–Trinajstić information content (AvgIpc) is 3.02. The van der Waals surface area contributed by atoms with Crippen molar-refractivity contribution in [3.05, 3.63) is 79.3 Å². The Kier molecular flexibility index (Phi) is 9.47. The van der Waals surface area contributed by atoms with Crippen LogP contribution in [-0.2, 0) is 4.79 Å². The lowest BCUT2D eigenvalue weighted by Crippen LogP contribution is -2.54. The molecule has 1 amide bonds. The van der Waals surface area contributed by atoms with E-state index in [0.717, 1.165) is 5.56 Å². The van der Waals surface area contributed by atoms with Crippen LogP contribution in [0, 0.1) is 24.1 Å². The number of piperazine rings is 1. The summed E-state index contributed by atoms with van der Waals surface area (Å²) in [4.78, 5) is 26.9. The van der Waals surface area contributed by atoms with Gasteiger partial charge in [0.2, 0.25) is 5.91 Å². The number of phenols is 1. The van der Waals surface area contributed by atoms with Crippen LogP contribution in [0.3, 0.4) is 0 Å². The molecule has 14 heteroatoms. The number of halogens is 5. The van der Waals surface area contributed by atoms with Crippen LogP contribution in [0.15, 0.2) is 36.6 Å². The number of carbonyl (C=O) groups is 1. The lowest BCUT2D eigenvalue weighted by molar-refractivity contribution is -0.129. The summed E-state index contributed by atoms with van der Waals surface area (Å²) in [6.07, 6.45) is 1.37. The highest BCUT2D eigenvalue weighted by atomic mass is 35.5. The standard InChI is InChI=1S/C32H29Cl4FN6O3/c1-6-20(44)42-10-9-41(13-16(42)5)29-17-11-19(33)27(21-22(34)25(37)24(36)30(45)23(21)35)40-31(17)43(32(46)18(29)12-38)28-15(4)7-8-39-26(28)14(2)3/h6-8,11,14,16,32,45-46H,1,9-10,13H2,2-5H3/t16-,32?/m1/s1. The minimum atomic E-state index is -1.54. The molecule has 0 radical (unpaired) electrons. The molecule has 4 heterocycles. The molecule has 1 fully saturated rings. The predicted molar refractivity (Wildman–Crippen MR) is 178 cm³/mol. The van der Waals surface area contributed by atoms with Crippen molar-refractivity contribution in [1.29, 1.82) is 5.26 Å². The largest absolute Gasteiger partial charge is 0.505 e. The molecule has 2 aromatic heterocycles. The summed E-state index contributed by atoms with van der Waals surface area (Å²) < 4.78 is 15.0. The fourth-order valence-electron chi connectivity index (χ4n) is 5.95. The van der Waals surface area contributed by atoms with Crippen molar-refractivity contribution >= 4 is 69.5 Å². The van der Waals surface area contributed by atoms with Crippen molar-refractivity contribution in [3.63, 3.8) is 0 Å². The van der Waals surface area contributed by atoms with Gasteiger partial charge in [-0.3, -0.25) is 14.7 Å². The fraction of sp³-hybridized carbons (Fsp3) is 0.312. The number of hydrogen-bond acceptors (Lipinski definition) is 8. The average molecular weight is 706 g/mol. The van der Waals surface area contributed by atoms with E-state index in [1.807, 2.05) is 32.6 Å². The first-order valence-corrected chi connectivity index (χ1v) is 15.8. The number of aromatic hydroxyl groups is 1. The van der Waals surface area contributed by atoms with Crippen LogP contribution in [0.25, 0.3) is 17.0 Å². The van der Waals surface area contributed by atoms with E-state index in [1.54, 1.807) is 17.2 Å². The number of aliphatic hydroxyl groups excluding tert-OH is 1. The van der Waals surface area contributed by atoms with Crippen molar-refractivity contribution in [2.24, 2.45) is 0 Å². The van der Waals surface area contributed by atoms with Crippen LogP contribution in [0.1, 0.15) is 43.5 Å². The Morgan fingerprint density at radius 3 is 2.52 bits per heavy atom. The minimum absolute atomic E-state index is 0.0259. The van der Waals surface area contributed by atoms with Crippen LogP contribution in [-0.4, -0.2) is 67.8 Å². The zero-order chi connectivity index (χ0) is 33.8. The van der Waals surface area contributed by atoms with Crippen molar-refractivity contribution in [1.82, 2.24) is 19.8 Å². The van der Waals surface area contributed by atoms with E-state index in [2.05, 4.69) is 17.6 Å². The highest BCUT2D eigenvalue weighted by Crippen LogP contribution is 2.51. The number of hydrogen-bond donors (Lipinski definition) is 2. The molecule has 2 atom stereocenters. The molecular formula is C32H29Cl4FN6O3. The first kappa shape index (κ1) is 33.8. The summed E-state index contributed by atoms with van der Waals surface area (Å²) in [5.74, 6) is -2.03. The van der Waals surface area contributed by atoms with Gasteiger partial charge < -0.3 is 20.0 Å². The van der Waals surface area contributed by atoms with Crippen molar-refractivity contribution in [2.75, 3.05) is 24.5 Å². The lowest BCUT2D eigenvalue weighted by Gasteiger charge is -2.45. The van der Waals surface area contributed by atoms with E-state index in [9.17, 15) is 20.3 Å². The molecule has 240 valence electrons. The molecule has 0 saturated carbocycles. The number of anilines is 2. The molecule has 0 aliphatic carbocycles. The molecule has 2 aliphatic rings. The van der Waals surface area contributed by atoms with E-state index >= 15 is 4.39 Å². The molecule has 2 aliphatic heterocycles. The van der Waals surface area contributed by atoms with Gasteiger partial charge >= 0.3 is 0 Å². The Bertz CT molecular complexity index is 1830. The normalized spacial score (nSPS) is 18.2. The molecule has 46 heavy (non-hydrogen) atoms. The number of aliphatic hydroxyl groups is 1. The number of pyridine rings is 2. The van der Waals surface area contributed by atoms with Crippen LogP contribution in [0.2, 0.25) is 20.1 Å². The summed E-state index contributed by atoms with van der Waals surface area (Å²) in [6.45, 7) is 12.2. The van der Waals surface area contributed by atoms with Gasteiger partial charge in [0, 0.05) is 43.0 Å². The molecule has 1 unspecified atom stereocenters. The van der Waals surface area contributed by atoms with Crippen molar-refractivity contribution < 1.29 is 19.4 Å².